The fourth-order valence-corrected chi connectivity index (χ4v) is 5.99. The van der Waals surface area contributed by atoms with Gasteiger partial charge in [0.05, 0.1) is 23.4 Å². The van der Waals surface area contributed by atoms with Gasteiger partial charge in [-0.05, 0) is 17.7 Å². The van der Waals surface area contributed by atoms with Gasteiger partial charge in [0, 0.05) is 64.8 Å². The van der Waals surface area contributed by atoms with Crippen LogP contribution in [0.3, 0.4) is 0 Å². The van der Waals surface area contributed by atoms with Crippen molar-refractivity contribution >= 4 is 49.2 Å². The van der Waals surface area contributed by atoms with E-state index in [1.54, 1.807) is 25.4 Å². The van der Waals surface area contributed by atoms with Crippen LogP contribution < -0.4 is 4.90 Å². The quantitative estimate of drug-likeness (QED) is 0.618. The Morgan fingerprint density at radius 3 is 2.48 bits per heavy atom. The van der Waals surface area contributed by atoms with Crippen molar-refractivity contribution in [3.05, 3.63) is 16.2 Å². The first-order valence-corrected chi connectivity index (χ1v) is 12.1. The molecule has 2 aliphatic heterocycles. The Balaban J connectivity index is 1.48. The molecule has 2 aromatic heterocycles. The molecule has 12 heteroatoms. The number of hydrogen-bond donors (Lipinski definition) is 0. The molecule has 0 spiro atoms. The lowest BCUT2D eigenvalue weighted by atomic mass is 10.3. The monoisotopic (exact) mass is 460 g/mol. The summed E-state index contributed by atoms with van der Waals surface area (Å²) in [6.07, 6.45) is 0. The number of halogens is 1. The van der Waals surface area contributed by atoms with Gasteiger partial charge >= 0.3 is 0 Å². The molecule has 0 unspecified atom stereocenters. The van der Waals surface area contributed by atoms with Crippen molar-refractivity contribution < 1.29 is 13.2 Å². The van der Waals surface area contributed by atoms with Crippen molar-refractivity contribution in [1.29, 1.82) is 0 Å². The number of piperazine rings is 1. The summed E-state index contributed by atoms with van der Waals surface area (Å²) in [7, 11) is -0.212. The maximum absolute atomic E-state index is 12.3. The first-order chi connectivity index (χ1) is 13.8. The van der Waals surface area contributed by atoms with Crippen LogP contribution in [0.2, 0.25) is 5.28 Å². The molecule has 0 aromatic carbocycles. The number of thiophene rings is 1. The largest absolute Gasteiger partial charge is 0.378 e. The predicted molar refractivity (Wildman–Crippen MR) is 115 cm³/mol. The maximum atomic E-state index is 12.3. The minimum atomic E-state index is -3.35. The third-order valence-corrected chi connectivity index (χ3v) is 8.40. The number of anilines is 1. The molecule has 160 valence electrons. The van der Waals surface area contributed by atoms with E-state index < -0.39 is 10.2 Å². The lowest BCUT2D eigenvalue weighted by Gasteiger charge is -2.34. The average Bonchev–Trinajstić information content (AvgIpc) is 3.10. The Hall–Kier alpha value is -1.08. The SMILES string of the molecule is CN(C)S(=O)(=O)N1CCN(Cc2cc3nc(Cl)nc(N4CCOCC4)c3s2)CC1. The van der Waals surface area contributed by atoms with Crippen LogP contribution >= 0.6 is 22.9 Å². The van der Waals surface area contributed by atoms with Crippen LogP contribution in [0.5, 0.6) is 0 Å². The Bertz CT molecular complexity index is 969. The van der Waals surface area contributed by atoms with E-state index >= 15 is 0 Å². The normalized spacial score (nSPS) is 20.1. The molecule has 2 aliphatic rings. The number of rotatable bonds is 5. The average molecular weight is 461 g/mol. The molecule has 0 bridgehead atoms. The first kappa shape index (κ1) is 21.2. The third kappa shape index (κ3) is 4.50. The van der Waals surface area contributed by atoms with Gasteiger partial charge in [-0.3, -0.25) is 4.90 Å². The van der Waals surface area contributed by atoms with Gasteiger partial charge in [-0.2, -0.15) is 22.0 Å². The van der Waals surface area contributed by atoms with Gasteiger partial charge in [0.25, 0.3) is 10.2 Å². The number of nitrogens with zero attached hydrogens (tertiary/aromatic N) is 6. The Kier molecular flexibility index (Phi) is 6.26. The second-order valence-corrected chi connectivity index (χ2v) is 10.9. The molecule has 0 atom stereocenters. The molecule has 29 heavy (non-hydrogen) atoms. The number of morpholine rings is 1. The number of hydrogen-bond acceptors (Lipinski definition) is 8. The van der Waals surface area contributed by atoms with Crippen molar-refractivity contribution in [2.75, 3.05) is 71.5 Å². The Labute approximate surface area is 180 Å². The minimum Gasteiger partial charge on any atom is -0.378 e. The van der Waals surface area contributed by atoms with Crippen LogP contribution in [0.4, 0.5) is 5.82 Å². The van der Waals surface area contributed by atoms with E-state index in [1.807, 2.05) is 0 Å². The van der Waals surface area contributed by atoms with Crippen LogP contribution in [0, 0.1) is 0 Å². The number of fused-ring (bicyclic) bond motifs is 1. The van der Waals surface area contributed by atoms with Crippen LogP contribution in [0.1, 0.15) is 4.88 Å². The van der Waals surface area contributed by atoms with Gasteiger partial charge in [0.2, 0.25) is 5.28 Å². The van der Waals surface area contributed by atoms with Crippen molar-refractivity contribution in [2.24, 2.45) is 0 Å². The summed E-state index contributed by atoms with van der Waals surface area (Å²) in [6.45, 7) is 6.09. The fraction of sp³-hybridized carbons (Fsp3) is 0.647. The van der Waals surface area contributed by atoms with Gasteiger partial charge in [0.1, 0.15) is 0 Å². The van der Waals surface area contributed by atoms with Gasteiger partial charge in [-0.15, -0.1) is 11.3 Å². The molecular weight excluding hydrogens is 436 g/mol. The van der Waals surface area contributed by atoms with E-state index in [-0.39, 0.29) is 5.28 Å². The van der Waals surface area contributed by atoms with Crippen molar-refractivity contribution in [3.63, 3.8) is 0 Å². The standard InChI is InChI=1S/C17H25ClN6O3S2/c1-21(2)29(25,26)24-5-3-22(4-6-24)12-13-11-14-15(28-13)16(20-17(18)19-14)23-7-9-27-10-8-23/h11H,3-10,12H2,1-2H3. The molecule has 9 nitrogen and oxygen atoms in total. The molecule has 4 rings (SSSR count). The lowest BCUT2D eigenvalue weighted by Crippen LogP contribution is -2.51. The summed E-state index contributed by atoms with van der Waals surface area (Å²) >= 11 is 7.86. The molecular formula is C17H25ClN6O3S2. The molecule has 2 fully saturated rings. The van der Waals surface area contributed by atoms with E-state index in [0.29, 0.717) is 39.4 Å². The van der Waals surface area contributed by atoms with E-state index in [4.69, 9.17) is 16.3 Å². The maximum Gasteiger partial charge on any atom is 0.281 e. The zero-order chi connectivity index (χ0) is 20.6. The molecule has 2 saturated heterocycles. The van der Waals surface area contributed by atoms with Crippen molar-refractivity contribution in [2.45, 2.75) is 6.54 Å². The highest BCUT2D eigenvalue weighted by Crippen LogP contribution is 2.34. The summed E-state index contributed by atoms with van der Waals surface area (Å²) < 4.78 is 33.9. The molecule has 0 saturated carbocycles. The topological polar surface area (TPSA) is 82.1 Å². The molecule has 4 heterocycles. The highest BCUT2D eigenvalue weighted by atomic mass is 35.5. The second kappa shape index (κ2) is 8.58. The molecule has 0 radical (unpaired) electrons. The third-order valence-electron chi connectivity index (χ3n) is 5.19. The molecule has 0 N–H and O–H groups in total. The number of ether oxygens (including phenoxy) is 1. The fourth-order valence-electron chi connectivity index (χ4n) is 3.57. The van der Waals surface area contributed by atoms with Crippen LogP contribution in [0.25, 0.3) is 10.2 Å². The summed E-state index contributed by atoms with van der Waals surface area (Å²) in [5, 5.41) is 0.255. The number of aromatic nitrogens is 2. The van der Waals surface area contributed by atoms with Gasteiger partial charge < -0.3 is 9.64 Å². The summed E-state index contributed by atoms with van der Waals surface area (Å²) in [4.78, 5) is 14.5. The van der Waals surface area contributed by atoms with Gasteiger partial charge in [0.15, 0.2) is 5.82 Å². The highest BCUT2D eigenvalue weighted by molar-refractivity contribution is 7.86. The van der Waals surface area contributed by atoms with Crippen molar-refractivity contribution in [1.82, 2.24) is 23.5 Å². The Morgan fingerprint density at radius 2 is 1.83 bits per heavy atom. The zero-order valence-electron chi connectivity index (χ0n) is 16.5. The van der Waals surface area contributed by atoms with E-state index in [2.05, 4.69) is 25.8 Å². The van der Waals surface area contributed by atoms with E-state index in [9.17, 15) is 8.42 Å². The van der Waals surface area contributed by atoms with Gasteiger partial charge in [-0.25, -0.2) is 4.98 Å². The molecule has 0 aliphatic carbocycles. The van der Waals surface area contributed by atoms with Gasteiger partial charge in [-0.1, -0.05) is 0 Å². The molecule has 0 amide bonds. The first-order valence-electron chi connectivity index (χ1n) is 9.53. The summed E-state index contributed by atoms with van der Waals surface area (Å²) in [5.41, 5.74) is 0.861. The Morgan fingerprint density at radius 1 is 1.14 bits per heavy atom. The zero-order valence-corrected chi connectivity index (χ0v) is 18.9. The lowest BCUT2D eigenvalue weighted by molar-refractivity contribution is 0.122. The highest BCUT2D eigenvalue weighted by Gasteiger charge is 2.29. The second-order valence-electron chi connectivity index (χ2n) is 7.31. The van der Waals surface area contributed by atoms with Crippen molar-refractivity contribution in [3.8, 4) is 0 Å². The summed E-state index contributed by atoms with van der Waals surface area (Å²) in [6, 6.07) is 2.07. The summed E-state index contributed by atoms with van der Waals surface area (Å²) in [5.74, 6) is 0.876. The minimum absolute atomic E-state index is 0.255. The predicted octanol–water partition coefficient (Wildman–Crippen LogP) is 1.11. The smallest absolute Gasteiger partial charge is 0.281 e. The van der Waals surface area contributed by atoms with Crippen LogP contribution in [-0.4, -0.2) is 98.5 Å². The van der Waals surface area contributed by atoms with Crippen LogP contribution in [0.15, 0.2) is 6.07 Å². The molecule has 2 aromatic rings. The van der Waals surface area contributed by atoms with Crippen LogP contribution in [-0.2, 0) is 21.5 Å². The van der Waals surface area contributed by atoms with E-state index in [1.165, 1.54) is 13.5 Å². The van der Waals surface area contributed by atoms with E-state index in [0.717, 1.165) is 35.7 Å².